The van der Waals surface area contributed by atoms with Crippen molar-refractivity contribution in [1.29, 1.82) is 0 Å². The van der Waals surface area contributed by atoms with Gasteiger partial charge in [-0.3, -0.25) is 9.59 Å². The monoisotopic (exact) mass is 486 g/mol. The number of para-hydroxylation sites is 1. The largest absolute Gasteiger partial charge is 0.325 e. The first kappa shape index (κ1) is 28.5. The number of nitrogens with zero attached hydrogens (tertiary/aromatic N) is 2. The zero-order valence-corrected chi connectivity index (χ0v) is 21.9. The first-order chi connectivity index (χ1) is 17.6. The molecule has 6 heteroatoms. The third kappa shape index (κ3) is 6.89. The minimum Gasteiger partial charge on any atom is -0.325 e. The maximum absolute atomic E-state index is 13.4. The molecular weight excluding hydrogens is 448 g/mol. The lowest BCUT2D eigenvalue weighted by molar-refractivity contribution is -0.128. The molecule has 0 aliphatic carbocycles. The molecule has 0 aromatic heterocycles. The van der Waals surface area contributed by atoms with E-state index in [1.807, 2.05) is 120 Å². The van der Waals surface area contributed by atoms with Crippen LogP contribution in [-0.2, 0) is 16.0 Å². The van der Waals surface area contributed by atoms with Crippen LogP contribution in [0.25, 0.3) is 0 Å². The van der Waals surface area contributed by atoms with Gasteiger partial charge in [-0.05, 0) is 25.0 Å². The van der Waals surface area contributed by atoms with Crippen LogP contribution >= 0.6 is 0 Å². The Balaban J connectivity index is 0.00000109. The standard InChI is InChI=1S/C26H26N4O2.2C2H6/c1-2-30-22-16-10-9-15-20(22)23(19-13-7-4-8-14-19)28-24(26(30)32)29-25(31)21(27)17-18-11-5-3-6-12-18;2*1-2/h3-16,21,24H,2,17,27H2,1H3,(H,29,31);2*1-2H3/t21-,24?;;/m1../s1. The van der Waals surface area contributed by atoms with Gasteiger partial charge in [0.05, 0.1) is 17.4 Å². The molecule has 3 N–H and O–H groups in total. The zero-order valence-electron chi connectivity index (χ0n) is 21.9. The maximum atomic E-state index is 13.4. The molecule has 3 aromatic rings. The van der Waals surface area contributed by atoms with Crippen molar-refractivity contribution in [3.8, 4) is 0 Å². The molecule has 36 heavy (non-hydrogen) atoms. The van der Waals surface area contributed by atoms with Crippen LogP contribution in [0.2, 0.25) is 0 Å². The predicted molar refractivity (Wildman–Crippen MR) is 149 cm³/mol. The summed E-state index contributed by atoms with van der Waals surface area (Å²) < 4.78 is 0. The molecule has 0 spiro atoms. The van der Waals surface area contributed by atoms with Crippen molar-refractivity contribution in [2.24, 2.45) is 10.7 Å². The average molecular weight is 487 g/mol. The average Bonchev–Trinajstić information content (AvgIpc) is 3.06. The molecule has 1 aliphatic heterocycles. The number of hydrogen-bond donors (Lipinski definition) is 2. The van der Waals surface area contributed by atoms with Gasteiger partial charge in [-0.15, -0.1) is 0 Å². The van der Waals surface area contributed by atoms with Crippen molar-refractivity contribution in [3.05, 3.63) is 102 Å². The number of anilines is 1. The molecule has 0 saturated carbocycles. The topological polar surface area (TPSA) is 87.8 Å². The number of amides is 2. The number of hydrogen-bond acceptors (Lipinski definition) is 4. The lowest BCUT2D eigenvalue weighted by atomic mass is 10.0. The number of benzene rings is 3. The third-order valence-corrected chi connectivity index (χ3v) is 5.49. The number of fused-ring (bicyclic) bond motifs is 1. The van der Waals surface area contributed by atoms with Crippen molar-refractivity contribution in [2.45, 2.75) is 53.2 Å². The van der Waals surface area contributed by atoms with E-state index in [1.165, 1.54) is 0 Å². The first-order valence-corrected chi connectivity index (χ1v) is 12.7. The summed E-state index contributed by atoms with van der Waals surface area (Å²) in [5.74, 6) is -0.698. The second kappa shape index (κ2) is 14.6. The van der Waals surface area contributed by atoms with Crippen LogP contribution in [0.3, 0.4) is 0 Å². The van der Waals surface area contributed by atoms with Gasteiger partial charge in [0, 0.05) is 17.7 Å². The summed E-state index contributed by atoms with van der Waals surface area (Å²) in [5.41, 5.74) is 10.3. The van der Waals surface area contributed by atoms with Crippen LogP contribution in [0.1, 0.15) is 51.3 Å². The molecule has 2 amide bonds. The highest BCUT2D eigenvalue weighted by atomic mass is 16.2. The minimum absolute atomic E-state index is 0.286. The van der Waals surface area contributed by atoms with Crippen LogP contribution < -0.4 is 16.0 Å². The highest BCUT2D eigenvalue weighted by Crippen LogP contribution is 2.28. The second-order valence-electron chi connectivity index (χ2n) is 7.65. The van der Waals surface area contributed by atoms with Crippen molar-refractivity contribution in [3.63, 3.8) is 0 Å². The van der Waals surface area contributed by atoms with E-state index in [0.29, 0.717) is 18.7 Å². The highest BCUT2D eigenvalue weighted by Gasteiger charge is 2.33. The molecule has 2 atom stereocenters. The van der Waals surface area contributed by atoms with E-state index in [2.05, 4.69) is 5.32 Å². The van der Waals surface area contributed by atoms with E-state index in [9.17, 15) is 9.59 Å². The van der Waals surface area contributed by atoms with Gasteiger partial charge >= 0.3 is 0 Å². The fraction of sp³-hybridized carbons (Fsp3) is 0.300. The van der Waals surface area contributed by atoms with E-state index in [1.54, 1.807) is 4.90 Å². The van der Waals surface area contributed by atoms with Gasteiger partial charge < -0.3 is 16.0 Å². The smallest absolute Gasteiger partial charge is 0.272 e. The van der Waals surface area contributed by atoms with Gasteiger partial charge in [0.25, 0.3) is 5.91 Å². The van der Waals surface area contributed by atoms with Crippen LogP contribution in [0.5, 0.6) is 0 Å². The molecule has 3 aromatic carbocycles. The summed E-state index contributed by atoms with van der Waals surface area (Å²) in [6, 6.07) is 26.1. The van der Waals surface area contributed by atoms with Crippen molar-refractivity contribution >= 4 is 23.2 Å². The molecule has 1 heterocycles. The van der Waals surface area contributed by atoms with Gasteiger partial charge in [0.1, 0.15) is 0 Å². The lowest BCUT2D eigenvalue weighted by Gasteiger charge is -2.24. The molecule has 190 valence electrons. The van der Waals surface area contributed by atoms with Gasteiger partial charge in [0.15, 0.2) is 0 Å². The van der Waals surface area contributed by atoms with E-state index in [0.717, 1.165) is 22.4 Å². The van der Waals surface area contributed by atoms with Gasteiger partial charge in [-0.25, -0.2) is 4.99 Å². The molecule has 0 bridgehead atoms. The lowest BCUT2D eigenvalue weighted by Crippen LogP contribution is -2.52. The van der Waals surface area contributed by atoms with E-state index in [4.69, 9.17) is 10.7 Å². The van der Waals surface area contributed by atoms with E-state index >= 15 is 0 Å². The van der Waals surface area contributed by atoms with Crippen LogP contribution in [-0.4, -0.2) is 36.3 Å². The first-order valence-electron chi connectivity index (χ1n) is 12.7. The van der Waals surface area contributed by atoms with Crippen LogP contribution in [0, 0.1) is 0 Å². The van der Waals surface area contributed by atoms with Crippen molar-refractivity contribution < 1.29 is 9.59 Å². The summed E-state index contributed by atoms with van der Waals surface area (Å²) in [5, 5.41) is 2.78. The molecule has 0 radical (unpaired) electrons. The summed E-state index contributed by atoms with van der Waals surface area (Å²) >= 11 is 0. The Kier molecular flexibility index (Phi) is 11.5. The molecule has 0 fully saturated rings. The summed E-state index contributed by atoms with van der Waals surface area (Å²) in [6.07, 6.45) is -0.688. The Morgan fingerprint density at radius 1 is 0.917 bits per heavy atom. The molecule has 0 saturated heterocycles. The Bertz CT molecular complexity index is 1130. The number of benzodiazepines with no additional fused rings is 1. The Hall–Kier alpha value is -3.77. The number of nitrogens with one attached hydrogen (secondary N) is 1. The fourth-order valence-corrected chi connectivity index (χ4v) is 3.88. The Morgan fingerprint density at radius 3 is 2.08 bits per heavy atom. The van der Waals surface area contributed by atoms with Crippen molar-refractivity contribution in [2.75, 3.05) is 11.4 Å². The quantitative estimate of drug-likeness (QED) is 0.516. The number of likely N-dealkylation sites (N-methyl/N-ethyl adjacent to an activating group) is 1. The SMILES string of the molecule is CC.CC.CCN1C(=O)C(NC(=O)[C@H](N)Cc2ccccc2)N=C(c2ccccc2)c2ccccc21. The third-order valence-electron chi connectivity index (χ3n) is 5.49. The number of aliphatic imine (C=N–C) groups is 1. The molecule has 1 unspecified atom stereocenters. The highest BCUT2D eigenvalue weighted by molar-refractivity contribution is 6.20. The summed E-state index contributed by atoms with van der Waals surface area (Å²) in [6.45, 7) is 10.4. The Morgan fingerprint density at radius 2 is 1.47 bits per heavy atom. The number of rotatable bonds is 6. The summed E-state index contributed by atoms with van der Waals surface area (Å²) in [4.78, 5) is 32.7. The van der Waals surface area contributed by atoms with Gasteiger partial charge in [-0.2, -0.15) is 0 Å². The van der Waals surface area contributed by atoms with Crippen LogP contribution in [0.15, 0.2) is 89.9 Å². The number of carbonyl (C=O) groups is 2. The molecule has 1 aliphatic rings. The second-order valence-corrected chi connectivity index (χ2v) is 7.65. The maximum Gasteiger partial charge on any atom is 0.272 e. The predicted octanol–water partition coefficient (Wildman–Crippen LogP) is 4.96. The zero-order chi connectivity index (χ0) is 26.5. The molecule has 4 rings (SSSR count). The van der Waals surface area contributed by atoms with Gasteiger partial charge in [-0.1, -0.05) is 107 Å². The molecule has 6 nitrogen and oxygen atoms in total. The van der Waals surface area contributed by atoms with E-state index in [-0.39, 0.29) is 5.91 Å². The van der Waals surface area contributed by atoms with Crippen LogP contribution in [0.4, 0.5) is 5.69 Å². The number of carbonyl (C=O) groups excluding carboxylic acids is 2. The normalized spacial score (nSPS) is 15.1. The van der Waals surface area contributed by atoms with E-state index < -0.39 is 18.1 Å². The molecular formula is C30H38N4O2. The number of nitrogens with two attached hydrogens (primary N) is 1. The fourth-order valence-electron chi connectivity index (χ4n) is 3.88. The van der Waals surface area contributed by atoms with Gasteiger partial charge in [0.2, 0.25) is 12.1 Å². The Labute approximate surface area is 215 Å². The van der Waals surface area contributed by atoms with Crippen molar-refractivity contribution in [1.82, 2.24) is 5.32 Å². The summed E-state index contributed by atoms with van der Waals surface area (Å²) in [7, 11) is 0. The minimum atomic E-state index is -1.06.